The van der Waals surface area contributed by atoms with Gasteiger partial charge in [0.25, 0.3) is 0 Å². The lowest BCUT2D eigenvalue weighted by atomic mass is 10.2. The van der Waals surface area contributed by atoms with Crippen molar-refractivity contribution >= 4 is 33.3 Å². The third kappa shape index (κ3) is 2.95. The molecule has 0 spiro atoms. The molecule has 128 valence electrons. The molecule has 6 nitrogen and oxygen atoms in total. The molecule has 1 amide bonds. The van der Waals surface area contributed by atoms with Crippen molar-refractivity contribution < 1.29 is 4.79 Å². The minimum atomic E-state index is 0.0153. The Morgan fingerprint density at radius 2 is 2.20 bits per heavy atom. The van der Waals surface area contributed by atoms with E-state index in [0.717, 1.165) is 34.4 Å². The van der Waals surface area contributed by atoms with E-state index in [1.165, 1.54) is 16.9 Å². The molecular weight excluding hydrogens is 334 g/mol. The molecule has 0 unspecified atom stereocenters. The van der Waals surface area contributed by atoms with Gasteiger partial charge in [0.05, 0.1) is 11.9 Å². The molecule has 25 heavy (non-hydrogen) atoms. The summed E-state index contributed by atoms with van der Waals surface area (Å²) in [5, 5.41) is 4.32. The minimum Gasteiger partial charge on any atom is -0.360 e. The van der Waals surface area contributed by atoms with Crippen LogP contribution in [-0.2, 0) is 17.6 Å². The van der Waals surface area contributed by atoms with Crippen LogP contribution in [0.4, 0.5) is 5.82 Å². The van der Waals surface area contributed by atoms with Gasteiger partial charge in [0.2, 0.25) is 5.91 Å². The molecule has 3 aromatic heterocycles. The maximum absolute atomic E-state index is 12.0. The van der Waals surface area contributed by atoms with E-state index in [4.69, 9.17) is 9.97 Å². The largest absolute Gasteiger partial charge is 0.360 e. The SMILES string of the molecule is CN(C)C(=O)CNc1nc(-c2cccnc2)nc2sc3c(c12)CCC3. The fraction of sp³-hybridized carbons (Fsp3) is 0.333. The average Bonchev–Trinajstić information content (AvgIpc) is 3.20. The Hall–Kier alpha value is -2.54. The molecule has 1 aliphatic rings. The van der Waals surface area contributed by atoms with Gasteiger partial charge in [0, 0.05) is 36.9 Å². The molecule has 0 fully saturated rings. The summed E-state index contributed by atoms with van der Waals surface area (Å²) < 4.78 is 0. The molecule has 0 aliphatic heterocycles. The number of aromatic nitrogens is 3. The van der Waals surface area contributed by atoms with Gasteiger partial charge in [-0.05, 0) is 37.0 Å². The molecule has 3 aromatic rings. The normalized spacial score (nSPS) is 13.0. The highest BCUT2D eigenvalue weighted by Crippen LogP contribution is 2.40. The van der Waals surface area contributed by atoms with Crippen LogP contribution in [-0.4, -0.2) is 46.4 Å². The van der Waals surface area contributed by atoms with Crippen molar-refractivity contribution in [3.63, 3.8) is 0 Å². The zero-order valence-corrected chi connectivity index (χ0v) is 15.1. The summed E-state index contributed by atoms with van der Waals surface area (Å²) in [6.45, 7) is 0.218. The minimum absolute atomic E-state index is 0.0153. The number of carbonyl (C=O) groups excluding carboxylic acids is 1. The monoisotopic (exact) mass is 353 g/mol. The second-order valence-corrected chi connectivity index (χ2v) is 7.40. The van der Waals surface area contributed by atoms with Crippen LogP contribution < -0.4 is 5.32 Å². The molecule has 3 heterocycles. The van der Waals surface area contributed by atoms with Crippen LogP contribution in [0.5, 0.6) is 0 Å². The Morgan fingerprint density at radius 3 is 2.96 bits per heavy atom. The quantitative estimate of drug-likeness (QED) is 0.781. The number of hydrogen-bond donors (Lipinski definition) is 1. The van der Waals surface area contributed by atoms with Gasteiger partial charge in [-0.3, -0.25) is 9.78 Å². The van der Waals surface area contributed by atoms with Crippen LogP contribution in [0.25, 0.3) is 21.6 Å². The van der Waals surface area contributed by atoms with Crippen molar-refractivity contribution in [2.45, 2.75) is 19.3 Å². The fourth-order valence-electron chi connectivity index (χ4n) is 3.07. The molecule has 7 heteroatoms. The molecule has 0 aromatic carbocycles. The van der Waals surface area contributed by atoms with Gasteiger partial charge < -0.3 is 10.2 Å². The van der Waals surface area contributed by atoms with Crippen LogP contribution in [0, 0.1) is 0 Å². The van der Waals surface area contributed by atoms with E-state index in [-0.39, 0.29) is 12.5 Å². The number of nitrogens with one attached hydrogen (secondary N) is 1. The van der Waals surface area contributed by atoms with Gasteiger partial charge in [0.15, 0.2) is 5.82 Å². The molecule has 1 N–H and O–H groups in total. The highest BCUT2D eigenvalue weighted by atomic mass is 32.1. The number of anilines is 1. The van der Waals surface area contributed by atoms with Crippen LogP contribution in [0.1, 0.15) is 16.9 Å². The van der Waals surface area contributed by atoms with Gasteiger partial charge >= 0.3 is 0 Å². The zero-order valence-electron chi connectivity index (χ0n) is 14.2. The van der Waals surface area contributed by atoms with Gasteiger partial charge in [-0.2, -0.15) is 0 Å². The second kappa shape index (κ2) is 6.40. The molecule has 0 atom stereocenters. The number of aryl methyl sites for hydroxylation is 2. The van der Waals surface area contributed by atoms with E-state index >= 15 is 0 Å². The van der Waals surface area contributed by atoms with Crippen LogP contribution in [0.3, 0.4) is 0 Å². The van der Waals surface area contributed by atoms with E-state index in [1.807, 2.05) is 12.1 Å². The maximum Gasteiger partial charge on any atom is 0.241 e. The fourth-order valence-corrected chi connectivity index (χ4v) is 4.33. The number of amides is 1. The van der Waals surface area contributed by atoms with Crippen molar-refractivity contribution in [2.24, 2.45) is 0 Å². The lowest BCUT2D eigenvalue weighted by molar-refractivity contribution is -0.126. The van der Waals surface area contributed by atoms with Crippen molar-refractivity contribution in [3.05, 3.63) is 35.0 Å². The summed E-state index contributed by atoms with van der Waals surface area (Å²) in [6, 6.07) is 3.82. The molecule has 0 saturated heterocycles. The van der Waals surface area contributed by atoms with Crippen molar-refractivity contribution in [2.75, 3.05) is 26.0 Å². The number of pyridine rings is 1. The number of hydrogen-bond acceptors (Lipinski definition) is 6. The van der Waals surface area contributed by atoms with Crippen molar-refractivity contribution in [1.82, 2.24) is 19.9 Å². The highest BCUT2D eigenvalue weighted by molar-refractivity contribution is 7.19. The Balaban J connectivity index is 1.81. The maximum atomic E-state index is 12.0. The first-order valence-corrected chi connectivity index (χ1v) is 9.12. The highest BCUT2D eigenvalue weighted by Gasteiger charge is 2.23. The first-order chi connectivity index (χ1) is 12.1. The molecule has 0 radical (unpaired) electrons. The summed E-state index contributed by atoms with van der Waals surface area (Å²) in [6.07, 6.45) is 6.83. The average molecular weight is 353 g/mol. The third-order valence-electron chi connectivity index (χ3n) is 4.39. The molecular formula is C18H19N5OS. The van der Waals surface area contributed by atoms with Crippen LogP contribution in [0.2, 0.25) is 0 Å². The van der Waals surface area contributed by atoms with E-state index in [0.29, 0.717) is 5.82 Å². The van der Waals surface area contributed by atoms with E-state index < -0.39 is 0 Å². The lowest BCUT2D eigenvalue weighted by Gasteiger charge is -2.13. The Labute approximate surface area is 149 Å². The number of fused-ring (bicyclic) bond motifs is 3. The Morgan fingerprint density at radius 1 is 1.32 bits per heavy atom. The third-order valence-corrected chi connectivity index (χ3v) is 5.58. The summed E-state index contributed by atoms with van der Waals surface area (Å²) in [5.41, 5.74) is 2.22. The summed E-state index contributed by atoms with van der Waals surface area (Å²) >= 11 is 1.74. The Bertz CT molecular complexity index is 936. The van der Waals surface area contributed by atoms with Crippen molar-refractivity contribution in [1.29, 1.82) is 0 Å². The lowest BCUT2D eigenvalue weighted by Crippen LogP contribution is -2.28. The molecule has 1 aliphatic carbocycles. The van der Waals surface area contributed by atoms with E-state index in [9.17, 15) is 4.79 Å². The van der Waals surface area contributed by atoms with Crippen LogP contribution in [0.15, 0.2) is 24.5 Å². The Kier molecular flexibility index (Phi) is 4.09. The smallest absolute Gasteiger partial charge is 0.241 e. The van der Waals surface area contributed by atoms with E-state index in [2.05, 4.69) is 10.3 Å². The first kappa shape index (κ1) is 16.0. The van der Waals surface area contributed by atoms with E-state index in [1.54, 1.807) is 42.7 Å². The summed E-state index contributed by atoms with van der Waals surface area (Å²) in [5.74, 6) is 1.40. The van der Waals surface area contributed by atoms with Crippen molar-refractivity contribution in [3.8, 4) is 11.4 Å². The topological polar surface area (TPSA) is 71.0 Å². The zero-order chi connectivity index (χ0) is 17.4. The predicted molar refractivity (Wildman–Crippen MR) is 99.9 cm³/mol. The molecule has 4 rings (SSSR count). The standard InChI is InChI=1S/C18H19N5OS/c1-23(2)14(24)10-20-17-15-12-6-3-7-13(12)25-18(15)22-16(21-17)11-5-4-8-19-9-11/h4-5,8-9H,3,6-7,10H2,1-2H3,(H,20,21,22). The number of carbonyl (C=O) groups is 1. The number of rotatable bonds is 4. The molecule has 0 saturated carbocycles. The van der Waals surface area contributed by atoms with Gasteiger partial charge in [-0.25, -0.2) is 9.97 Å². The number of likely N-dealkylation sites (N-methyl/N-ethyl adjacent to an activating group) is 1. The number of nitrogens with zero attached hydrogens (tertiary/aromatic N) is 4. The van der Waals surface area contributed by atoms with Crippen LogP contribution >= 0.6 is 11.3 Å². The second-order valence-electron chi connectivity index (χ2n) is 6.32. The van der Waals surface area contributed by atoms with Gasteiger partial charge in [-0.1, -0.05) is 0 Å². The van der Waals surface area contributed by atoms with Gasteiger partial charge in [-0.15, -0.1) is 11.3 Å². The number of thiophene rings is 1. The first-order valence-electron chi connectivity index (χ1n) is 8.30. The summed E-state index contributed by atoms with van der Waals surface area (Å²) in [4.78, 5) is 29.6. The predicted octanol–water partition coefficient (Wildman–Crippen LogP) is 2.74. The summed E-state index contributed by atoms with van der Waals surface area (Å²) in [7, 11) is 3.51. The molecule has 0 bridgehead atoms. The van der Waals surface area contributed by atoms with Gasteiger partial charge in [0.1, 0.15) is 10.6 Å².